The number of benzene rings is 2. The van der Waals surface area contributed by atoms with Gasteiger partial charge in [0.05, 0.1) is 18.1 Å². The second kappa shape index (κ2) is 7.91. The minimum Gasteiger partial charge on any atom is -0.379 e. The van der Waals surface area contributed by atoms with Gasteiger partial charge in [-0.1, -0.05) is 29.8 Å². The average molecular weight is 378 g/mol. The SMILES string of the molecule is Cc1ccc(C)c(SCc2cccc(S(=O)(=O)N3CCOCC3)c2)c1. The predicted molar refractivity (Wildman–Crippen MR) is 101 cm³/mol. The Morgan fingerprint density at radius 3 is 2.60 bits per heavy atom. The van der Waals surface area contributed by atoms with Gasteiger partial charge >= 0.3 is 0 Å². The van der Waals surface area contributed by atoms with E-state index in [0.717, 1.165) is 11.3 Å². The fourth-order valence-electron chi connectivity index (χ4n) is 2.76. The molecule has 0 N–H and O–H groups in total. The minimum absolute atomic E-state index is 0.369. The highest BCUT2D eigenvalue weighted by molar-refractivity contribution is 7.98. The van der Waals surface area contributed by atoms with Gasteiger partial charge in [0.2, 0.25) is 10.0 Å². The lowest BCUT2D eigenvalue weighted by Gasteiger charge is -2.26. The van der Waals surface area contributed by atoms with Crippen LogP contribution in [0.3, 0.4) is 0 Å². The van der Waals surface area contributed by atoms with Crippen molar-refractivity contribution in [3.05, 3.63) is 59.2 Å². The number of rotatable bonds is 5. The molecule has 1 aliphatic heterocycles. The van der Waals surface area contributed by atoms with Crippen LogP contribution in [-0.2, 0) is 20.5 Å². The molecule has 0 aromatic heterocycles. The molecule has 1 heterocycles. The van der Waals surface area contributed by atoms with E-state index >= 15 is 0 Å². The van der Waals surface area contributed by atoms with Gasteiger partial charge in [-0.25, -0.2) is 8.42 Å². The van der Waals surface area contributed by atoms with Crippen molar-refractivity contribution >= 4 is 21.8 Å². The number of hydrogen-bond donors (Lipinski definition) is 0. The first-order valence-electron chi connectivity index (χ1n) is 8.34. The van der Waals surface area contributed by atoms with Crippen LogP contribution in [0.1, 0.15) is 16.7 Å². The van der Waals surface area contributed by atoms with Crippen molar-refractivity contribution in [1.29, 1.82) is 0 Å². The van der Waals surface area contributed by atoms with E-state index in [4.69, 9.17) is 4.74 Å². The summed E-state index contributed by atoms with van der Waals surface area (Å²) in [4.78, 5) is 1.61. The Morgan fingerprint density at radius 2 is 1.84 bits per heavy atom. The number of nitrogens with zero attached hydrogens (tertiary/aromatic N) is 1. The summed E-state index contributed by atoms with van der Waals surface area (Å²) >= 11 is 1.74. The standard InChI is InChI=1S/C19H23NO3S2/c1-15-6-7-16(2)19(12-15)24-14-17-4-3-5-18(13-17)25(21,22)20-8-10-23-11-9-20/h3-7,12-13H,8-11,14H2,1-2H3. The van der Waals surface area contributed by atoms with Gasteiger partial charge in [0.1, 0.15) is 0 Å². The molecule has 0 aliphatic carbocycles. The molecule has 0 spiro atoms. The first-order chi connectivity index (χ1) is 12.0. The zero-order chi connectivity index (χ0) is 17.9. The van der Waals surface area contributed by atoms with E-state index in [0.29, 0.717) is 31.2 Å². The molecule has 0 radical (unpaired) electrons. The molecule has 0 amide bonds. The van der Waals surface area contributed by atoms with Crippen LogP contribution in [0.25, 0.3) is 0 Å². The quantitative estimate of drug-likeness (QED) is 0.747. The van der Waals surface area contributed by atoms with Crippen LogP contribution in [0.2, 0.25) is 0 Å². The molecular formula is C19H23NO3S2. The number of ether oxygens (including phenoxy) is 1. The molecule has 0 bridgehead atoms. The average Bonchev–Trinajstić information content (AvgIpc) is 2.63. The van der Waals surface area contributed by atoms with Crippen molar-refractivity contribution < 1.29 is 13.2 Å². The van der Waals surface area contributed by atoms with Gasteiger partial charge in [-0.3, -0.25) is 0 Å². The van der Waals surface area contributed by atoms with Crippen molar-refractivity contribution in [2.45, 2.75) is 29.4 Å². The third kappa shape index (κ3) is 4.44. The molecule has 3 rings (SSSR count). The van der Waals surface area contributed by atoms with E-state index in [2.05, 4.69) is 32.0 Å². The summed E-state index contributed by atoms with van der Waals surface area (Å²) in [6, 6.07) is 13.7. The Kier molecular flexibility index (Phi) is 5.84. The lowest BCUT2D eigenvalue weighted by Crippen LogP contribution is -2.40. The normalized spacial score (nSPS) is 16.1. The number of morpholine rings is 1. The summed E-state index contributed by atoms with van der Waals surface area (Å²) in [7, 11) is -3.44. The number of thioether (sulfide) groups is 1. The highest BCUT2D eigenvalue weighted by atomic mass is 32.2. The van der Waals surface area contributed by atoms with Gasteiger partial charge in [-0.05, 0) is 43.2 Å². The minimum atomic E-state index is -3.44. The van der Waals surface area contributed by atoms with Crippen molar-refractivity contribution in [1.82, 2.24) is 4.31 Å². The first-order valence-corrected chi connectivity index (χ1v) is 10.8. The zero-order valence-corrected chi connectivity index (χ0v) is 16.2. The van der Waals surface area contributed by atoms with E-state index in [-0.39, 0.29) is 0 Å². The largest absolute Gasteiger partial charge is 0.379 e. The fourth-order valence-corrected chi connectivity index (χ4v) is 5.30. The highest BCUT2D eigenvalue weighted by Gasteiger charge is 2.26. The Hall–Kier alpha value is -1.34. The van der Waals surface area contributed by atoms with Crippen LogP contribution < -0.4 is 0 Å². The molecule has 1 saturated heterocycles. The summed E-state index contributed by atoms with van der Waals surface area (Å²) in [6.45, 7) is 5.94. The summed E-state index contributed by atoms with van der Waals surface area (Å²) in [5, 5.41) is 0. The van der Waals surface area contributed by atoms with Gasteiger partial charge in [0.15, 0.2) is 0 Å². The van der Waals surface area contributed by atoms with E-state index < -0.39 is 10.0 Å². The van der Waals surface area contributed by atoms with E-state index in [1.807, 2.05) is 12.1 Å². The Bertz CT molecular complexity index is 843. The predicted octanol–water partition coefficient (Wildman–Crippen LogP) is 3.62. The van der Waals surface area contributed by atoms with E-state index in [1.165, 1.54) is 20.3 Å². The molecule has 25 heavy (non-hydrogen) atoms. The van der Waals surface area contributed by atoms with Crippen LogP contribution in [0.5, 0.6) is 0 Å². The van der Waals surface area contributed by atoms with Crippen molar-refractivity contribution in [3.63, 3.8) is 0 Å². The molecule has 2 aromatic carbocycles. The first kappa shape index (κ1) is 18.5. The summed E-state index contributed by atoms with van der Waals surface area (Å²) in [6.07, 6.45) is 0. The Labute approximate surface area is 154 Å². The summed E-state index contributed by atoms with van der Waals surface area (Å²) in [5.41, 5.74) is 3.49. The topological polar surface area (TPSA) is 46.6 Å². The second-order valence-electron chi connectivity index (χ2n) is 6.22. The maximum atomic E-state index is 12.8. The molecule has 0 atom stereocenters. The van der Waals surface area contributed by atoms with Gasteiger partial charge < -0.3 is 4.74 Å². The molecule has 0 unspecified atom stereocenters. The highest BCUT2D eigenvalue weighted by Crippen LogP contribution is 2.28. The van der Waals surface area contributed by atoms with Crippen LogP contribution in [0.4, 0.5) is 0 Å². The third-order valence-corrected chi connectivity index (χ3v) is 7.37. The molecule has 1 fully saturated rings. The summed E-state index contributed by atoms with van der Waals surface area (Å²) in [5.74, 6) is 0.747. The van der Waals surface area contributed by atoms with Crippen LogP contribution >= 0.6 is 11.8 Å². The monoisotopic (exact) mass is 377 g/mol. The lowest BCUT2D eigenvalue weighted by atomic mass is 10.2. The van der Waals surface area contributed by atoms with Gasteiger partial charge in [-0.15, -0.1) is 11.8 Å². The van der Waals surface area contributed by atoms with Crippen LogP contribution in [0, 0.1) is 13.8 Å². The van der Waals surface area contributed by atoms with Gasteiger partial charge in [-0.2, -0.15) is 4.31 Å². The van der Waals surface area contributed by atoms with Crippen molar-refractivity contribution in [2.75, 3.05) is 26.3 Å². The number of aryl methyl sites for hydroxylation is 2. The molecule has 6 heteroatoms. The van der Waals surface area contributed by atoms with Crippen LogP contribution in [0.15, 0.2) is 52.3 Å². The zero-order valence-electron chi connectivity index (χ0n) is 14.6. The Balaban J connectivity index is 1.76. The van der Waals surface area contributed by atoms with Gasteiger partial charge in [0.25, 0.3) is 0 Å². The molecule has 1 aliphatic rings. The molecule has 2 aromatic rings. The second-order valence-corrected chi connectivity index (χ2v) is 9.18. The maximum absolute atomic E-state index is 12.8. The molecule has 4 nitrogen and oxygen atoms in total. The smallest absolute Gasteiger partial charge is 0.243 e. The van der Waals surface area contributed by atoms with Crippen molar-refractivity contribution in [3.8, 4) is 0 Å². The molecule has 134 valence electrons. The van der Waals surface area contributed by atoms with Crippen molar-refractivity contribution in [2.24, 2.45) is 0 Å². The number of sulfonamides is 1. The Morgan fingerprint density at radius 1 is 1.08 bits per heavy atom. The molecular weight excluding hydrogens is 354 g/mol. The van der Waals surface area contributed by atoms with Crippen LogP contribution in [-0.4, -0.2) is 39.0 Å². The van der Waals surface area contributed by atoms with Gasteiger partial charge in [0, 0.05) is 23.7 Å². The third-order valence-electron chi connectivity index (χ3n) is 4.24. The summed E-state index contributed by atoms with van der Waals surface area (Å²) < 4.78 is 32.3. The molecule has 0 saturated carbocycles. The number of hydrogen-bond acceptors (Lipinski definition) is 4. The fraction of sp³-hybridized carbons (Fsp3) is 0.368. The van der Waals surface area contributed by atoms with E-state index in [1.54, 1.807) is 23.9 Å². The lowest BCUT2D eigenvalue weighted by molar-refractivity contribution is 0.0730. The maximum Gasteiger partial charge on any atom is 0.243 e. The van der Waals surface area contributed by atoms with E-state index in [9.17, 15) is 8.42 Å².